The van der Waals surface area contributed by atoms with Gasteiger partial charge in [0.25, 0.3) is 0 Å². The molecule has 0 saturated carbocycles. The average Bonchev–Trinajstić information content (AvgIpc) is 2.98. The van der Waals surface area contributed by atoms with Gasteiger partial charge in [0.15, 0.2) is 0 Å². The maximum absolute atomic E-state index is 11.7. The molecule has 2 aliphatic rings. The van der Waals surface area contributed by atoms with E-state index < -0.39 is 0 Å². The molecule has 0 unspecified atom stereocenters. The minimum absolute atomic E-state index is 0.205. The van der Waals surface area contributed by atoms with Gasteiger partial charge in [-0.2, -0.15) is 5.10 Å². The minimum Gasteiger partial charge on any atom is -0.354 e. The van der Waals surface area contributed by atoms with E-state index in [4.69, 9.17) is 0 Å². The van der Waals surface area contributed by atoms with E-state index in [2.05, 4.69) is 28.3 Å². The molecule has 2 fully saturated rings. The molecule has 2 aliphatic heterocycles. The molecule has 0 radical (unpaired) electrons. The summed E-state index contributed by atoms with van der Waals surface area (Å²) < 4.78 is 2.04. The number of aromatic nitrogens is 2. The van der Waals surface area contributed by atoms with Crippen LogP contribution in [-0.2, 0) is 17.9 Å². The van der Waals surface area contributed by atoms with Crippen LogP contribution in [-0.4, -0.2) is 39.7 Å². The smallest absolute Gasteiger partial charge is 0.224 e. The molecule has 0 bridgehead atoms. The van der Waals surface area contributed by atoms with Gasteiger partial charge in [-0.15, -0.1) is 0 Å². The van der Waals surface area contributed by atoms with Crippen LogP contribution in [0.2, 0.25) is 0 Å². The first kappa shape index (κ1) is 11.7. The van der Waals surface area contributed by atoms with Gasteiger partial charge in [-0.25, -0.2) is 0 Å². The van der Waals surface area contributed by atoms with Crippen molar-refractivity contribution in [3.63, 3.8) is 0 Å². The Balaban J connectivity index is 1.74. The summed E-state index contributed by atoms with van der Waals surface area (Å²) in [5, 5.41) is 7.30. The third-order valence-electron chi connectivity index (χ3n) is 4.19. The molecular formula is C13H20N4O. The van der Waals surface area contributed by atoms with Crippen LogP contribution in [0.3, 0.4) is 0 Å². The van der Waals surface area contributed by atoms with Crippen LogP contribution in [0.5, 0.6) is 0 Å². The van der Waals surface area contributed by atoms with Gasteiger partial charge in [-0.1, -0.05) is 0 Å². The lowest BCUT2D eigenvalue weighted by Gasteiger charge is -2.35. The maximum atomic E-state index is 11.7. The summed E-state index contributed by atoms with van der Waals surface area (Å²) in [6.45, 7) is 5.82. The highest BCUT2D eigenvalue weighted by Gasteiger charge is 2.40. The number of likely N-dealkylation sites (tertiary alicyclic amines) is 1. The van der Waals surface area contributed by atoms with Gasteiger partial charge in [0.1, 0.15) is 0 Å². The van der Waals surface area contributed by atoms with Gasteiger partial charge in [0.05, 0.1) is 11.6 Å². The molecule has 2 atom stereocenters. The van der Waals surface area contributed by atoms with Crippen LogP contribution >= 0.6 is 0 Å². The van der Waals surface area contributed by atoms with Crippen LogP contribution in [0, 0.1) is 5.92 Å². The molecule has 1 N–H and O–H groups in total. The van der Waals surface area contributed by atoms with Gasteiger partial charge >= 0.3 is 0 Å². The fraction of sp³-hybridized carbons (Fsp3) is 0.692. The Morgan fingerprint density at radius 2 is 2.44 bits per heavy atom. The summed E-state index contributed by atoms with van der Waals surface area (Å²) in [5.74, 6) is 0.449. The molecule has 1 aromatic heterocycles. The van der Waals surface area contributed by atoms with Crippen molar-refractivity contribution in [1.82, 2.24) is 20.0 Å². The standard InChI is InChI=1S/C13H20N4O/c1-2-17-10(5-6-15-17)9-16-7-3-4-11-12(16)8-14-13(11)18/h5-6,11-12H,2-4,7-9H2,1H3,(H,14,18)/t11-,12-/m1/s1. The van der Waals surface area contributed by atoms with Gasteiger partial charge in [-0.05, 0) is 32.4 Å². The number of carbonyl (C=O) groups is 1. The number of hydrogen-bond acceptors (Lipinski definition) is 3. The average molecular weight is 248 g/mol. The Hall–Kier alpha value is -1.36. The van der Waals surface area contributed by atoms with Crippen LogP contribution in [0.25, 0.3) is 0 Å². The van der Waals surface area contributed by atoms with Crippen molar-refractivity contribution in [1.29, 1.82) is 0 Å². The number of carbonyl (C=O) groups excluding carboxylic acids is 1. The highest BCUT2D eigenvalue weighted by atomic mass is 16.2. The van der Waals surface area contributed by atoms with E-state index in [1.165, 1.54) is 5.69 Å². The van der Waals surface area contributed by atoms with Gasteiger partial charge in [0.2, 0.25) is 5.91 Å². The highest BCUT2D eigenvalue weighted by molar-refractivity contribution is 5.82. The van der Waals surface area contributed by atoms with E-state index in [1.54, 1.807) is 0 Å². The van der Waals surface area contributed by atoms with Crippen LogP contribution in [0.1, 0.15) is 25.5 Å². The first-order valence-corrected chi connectivity index (χ1v) is 6.82. The molecule has 3 rings (SSSR count). The molecule has 0 aromatic carbocycles. The number of fused-ring (bicyclic) bond motifs is 1. The summed E-state index contributed by atoms with van der Waals surface area (Å²) in [6.07, 6.45) is 4.02. The third-order valence-corrected chi connectivity index (χ3v) is 4.19. The van der Waals surface area contributed by atoms with Crippen molar-refractivity contribution in [2.45, 2.75) is 38.9 Å². The van der Waals surface area contributed by atoms with Crippen molar-refractivity contribution < 1.29 is 4.79 Å². The number of piperidine rings is 1. The number of hydrogen-bond donors (Lipinski definition) is 1. The second-order valence-corrected chi connectivity index (χ2v) is 5.17. The van der Waals surface area contributed by atoms with E-state index in [1.807, 2.05) is 10.9 Å². The summed E-state index contributed by atoms with van der Waals surface area (Å²) >= 11 is 0. The van der Waals surface area contributed by atoms with E-state index in [0.29, 0.717) is 6.04 Å². The zero-order valence-corrected chi connectivity index (χ0v) is 10.8. The lowest BCUT2D eigenvalue weighted by molar-refractivity contribution is -0.124. The summed E-state index contributed by atoms with van der Waals surface area (Å²) in [5.41, 5.74) is 1.25. The molecule has 2 saturated heterocycles. The molecule has 3 heterocycles. The Kier molecular flexibility index (Phi) is 3.07. The topological polar surface area (TPSA) is 50.2 Å². The van der Waals surface area contributed by atoms with Crippen molar-refractivity contribution in [2.75, 3.05) is 13.1 Å². The molecule has 5 nitrogen and oxygen atoms in total. The monoisotopic (exact) mass is 248 g/mol. The number of nitrogens with one attached hydrogen (secondary N) is 1. The number of amides is 1. The van der Waals surface area contributed by atoms with Crippen LogP contribution < -0.4 is 5.32 Å². The van der Waals surface area contributed by atoms with Crippen molar-refractivity contribution in [3.05, 3.63) is 18.0 Å². The van der Waals surface area contributed by atoms with Crippen molar-refractivity contribution in [3.8, 4) is 0 Å². The fourth-order valence-electron chi connectivity index (χ4n) is 3.22. The molecular weight excluding hydrogens is 228 g/mol. The van der Waals surface area contributed by atoms with E-state index in [9.17, 15) is 4.79 Å². The zero-order valence-electron chi connectivity index (χ0n) is 10.8. The second-order valence-electron chi connectivity index (χ2n) is 5.17. The van der Waals surface area contributed by atoms with E-state index in [-0.39, 0.29) is 11.8 Å². The molecule has 5 heteroatoms. The Bertz CT molecular complexity index is 442. The Morgan fingerprint density at radius 3 is 3.28 bits per heavy atom. The summed E-state index contributed by atoms with van der Waals surface area (Å²) in [6, 6.07) is 2.46. The zero-order chi connectivity index (χ0) is 12.5. The lowest BCUT2D eigenvalue weighted by Crippen LogP contribution is -2.45. The van der Waals surface area contributed by atoms with Gasteiger partial charge in [-0.3, -0.25) is 14.4 Å². The third kappa shape index (κ3) is 1.92. The quantitative estimate of drug-likeness (QED) is 0.853. The van der Waals surface area contributed by atoms with E-state index >= 15 is 0 Å². The first-order chi connectivity index (χ1) is 8.79. The van der Waals surface area contributed by atoms with Crippen molar-refractivity contribution >= 4 is 5.91 Å². The normalized spacial score (nSPS) is 28.2. The molecule has 0 aliphatic carbocycles. The molecule has 1 amide bonds. The number of aryl methyl sites for hydroxylation is 1. The predicted octanol–water partition coefficient (Wildman–Crippen LogP) is 0.613. The van der Waals surface area contributed by atoms with Crippen LogP contribution in [0.4, 0.5) is 0 Å². The Labute approximate surface area is 107 Å². The molecule has 98 valence electrons. The Morgan fingerprint density at radius 1 is 1.56 bits per heavy atom. The first-order valence-electron chi connectivity index (χ1n) is 6.82. The molecule has 0 spiro atoms. The fourth-order valence-corrected chi connectivity index (χ4v) is 3.22. The van der Waals surface area contributed by atoms with Crippen molar-refractivity contribution in [2.24, 2.45) is 5.92 Å². The summed E-state index contributed by atoms with van der Waals surface area (Å²) in [4.78, 5) is 14.2. The molecule has 18 heavy (non-hydrogen) atoms. The predicted molar refractivity (Wildman–Crippen MR) is 67.8 cm³/mol. The SMILES string of the molecule is CCn1nccc1CN1CCC[C@H]2C(=O)NC[C@H]21. The molecule has 1 aromatic rings. The second kappa shape index (κ2) is 4.72. The van der Waals surface area contributed by atoms with E-state index in [0.717, 1.165) is 39.0 Å². The largest absolute Gasteiger partial charge is 0.354 e. The highest BCUT2D eigenvalue weighted by Crippen LogP contribution is 2.28. The van der Waals surface area contributed by atoms with Gasteiger partial charge < -0.3 is 5.32 Å². The minimum atomic E-state index is 0.205. The number of nitrogens with zero attached hydrogens (tertiary/aromatic N) is 3. The number of rotatable bonds is 3. The van der Waals surface area contributed by atoms with Crippen LogP contribution in [0.15, 0.2) is 12.3 Å². The summed E-state index contributed by atoms with van der Waals surface area (Å²) in [7, 11) is 0. The lowest BCUT2D eigenvalue weighted by atomic mass is 9.91. The maximum Gasteiger partial charge on any atom is 0.224 e. The van der Waals surface area contributed by atoms with Gasteiger partial charge in [0, 0.05) is 31.9 Å².